The molecule has 2 aliphatic heterocycles. The molecule has 0 N–H and O–H groups in total. The average Bonchev–Trinajstić information content (AvgIpc) is 3.44. The number of nitro benzene ring substituents is 1. The summed E-state index contributed by atoms with van der Waals surface area (Å²) >= 11 is 0.905. The fourth-order valence-corrected chi connectivity index (χ4v) is 5.12. The Morgan fingerprint density at radius 3 is 2.56 bits per heavy atom. The van der Waals surface area contributed by atoms with Crippen LogP contribution in [0.3, 0.4) is 0 Å². The van der Waals surface area contributed by atoms with E-state index < -0.39 is 0 Å². The number of benzene rings is 1. The zero-order chi connectivity index (χ0) is 23.0. The Bertz CT molecular complexity index is 1160. The van der Waals surface area contributed by atoms with Crippen LogP contribution in [0, 0.1) is 24.0 Å². The van der Waals surface area contributed by atoms with Crippen LogP contribution in [0.1, 0.15) is 29.8 Å². The van der Waals surface area contributed by atoms with Gasteiger partial charge in [0.1, 0.15) is 5.69 Å². The van der Waals surface area contributed by atoms with Crippen molar-refractivity contribution >= 4 is 40.4 Å². The van der Waals surface area contributed by atoms with Gasteiger partial charge in [0.25, 0.3) is 16.8 Å². The van der Waals surface area contributed by atoms with E-state index in [2.05, 4.69) is 11.5 Å². The number of hydrogen-bond donors (Lipinski definition) is 0. The van der Waals surface area contributed by atoms with Gasteiger partial charge >= 0.3 is 0 Å². The molecule has 0 spiro atoms. The van der Waals surface area contributed by atoms with Crippen LogP contribution in [0.15, 0.2) is 41.8 Å². The molecule has 2 fully saturated rings. The van der Waals surface area contributed by atoms with Crippen LogP contribution < -0.4 is 4.90 Å². The highest BCUT2D eigenvalue weighted by atomic mass is 32.2. The second-order valence-corrected chi connectivity index (χ2v) is 8.86. The first-order valence-electron chi connectivity index (χ1n) is 10.4. The van der Waals surface area contributed by atoms with Crippen molar-refractivity contribution in [3.8, 4) is 5.69 Å². The highest BCUT2D eigenvalue weighted by Crippen LogP contribution is 2.36. The van der Waals surface area contributed by atoms with E-state index in [-0.39, 0.29) is 28.3 Å². The maximum Gasteiger partial charge on any atom is 0.294 e. The van der Waals surface area contributed by atoms with Crippen LogP contribution in [0.4, 0.5) is 16.2 Å². The van der Waals surface area contributed by atoms with Gasteiger partial charge in [-0.05, 0) is 68.3 Å². The van der Waals surface area contributed by atoms with Gasteiger partial charge in [-0.2, -0.15) is 0 Å². The summed E-state index contributed by atoms with van der Waals surface area (Å²) in [6.07, 6.45) is 5.30. The first-order chi connectivity index (χ1) is 15.3. The quantitative estimate of drug-likeness (QED) is 0.270. The van der Waals surface area contributed by atoms with Crippen molar-refractivity contribution in [1.29, 1.82) is 0 Å². The van der Waals surface area contributed by atoms with Crippen LogP contribution in [0.2, 0.25) is 0 Å². The monoisotopic (exact) mass is 452 g/mol. The van der Waals surface area contributed by atoms with E-state index in [1.165, 1.54) is 6.08 Å². The fraction of sp³-hybridized carbons (Fsp3) is 0.304. The molecule has 2 amide bonds. The van der Waals surface area contributed by atoms with Crippen molar-refractivity contribution in [2.24, 2.45) is 0 Å². The number of thioether (sulfide) groups is 1. The minimum atomic E-state index is -0.338. The topological polar surface area (TPSA) is 88.7 Å². The molecule has 0 aliphatic carbocycles. The number of imide groups is 1. The van der Waals surface area contributed by atoms with Crippen molar-refractivity contribution < 1.29 is 14.5 Å². The molecule has 2 saturated heterocycles. The minimum Gasteiger partial charge on any atom is -0.366 e. The minimum absolute atomic E-state index is 0.0870. The summed E-state index contributed by atoms with van der Waals surface area (Å²) in [5.41, 5.74) is 3.93. The van der Waals surface area contributed by atoms with E-state index in [0.717, 1.165) is 59.5 Å². The SMILES string of the molecule is C=CCN1C(=O)S/C(=C\c2cc(C)n(-c3ccc(N4CCCC4)c([N+](=O)[O-])c3)c2C)C1=O. The summed E-state index contributed by atoms with van der Waals surface area (Å²) in [5, 5.41) is 11.5. The molecule has 166 valence electrons. The summed E-state index contributed by atoms with van der Waals surface area (Å²) in [5.74, 6) is -0.338. The van der Waals surface area contributed by atoms with Gasteiger partial charge in [0.2, 0.25) is 0 Å². The zero-order valence-electron chi connectivity index (χ0n) is 18.0. The smallest absolute Gasteiger partial charge is 0.294 e. The number of carbonyl (C=O) groups is 2. The first kappa shape index (κ1) is 21.9. The molecule has 2 aliphatic rings. The molecule has 0 atom stereocenters. The van der Waals surface area contributed by atoms with E-state index in [0.29, 0.717) is 16.3 Å². The lowest BCUT2D eigenvalue weighted by atomic mass is 10.2. The average molecular weight is 453 g/mol. The summed E-state index contributed by atoms with van der Waals surface area (Å²) in [6, 6.07) is 7.23. The Balaban J connectivity index is 1.72. The zero-order valence-corrected chi connectivity index (χ0v) is 18.9. The predicted molar refractivity (Wildman–Crippen MR) is 126 cm³/mol. The molecular formula is C23H24N4O4S. The molecule has 1 aromatic heterocycles. The van der Waals surface area contributed by atoms with Gasteiger partial charge in [-0.15, -0.1) is 6.58 Å². The normalized spacial score (nSPS) is 17.6. The molecular weight excluding hydrogens is 428 g/mol. The Kier molecular flexibility index (Phi) is 5.92. The Morgan fingerprint density at radius 2 is 1.91 bits per heavy atom. The summed E-state index contributed by atoms with van der Waals surface area (Å²) in [4.78, 5) is 39.7. The van der Waals surface area contributed by atoms with Crippen molar-refractivity contribution in [3.05, 3.63) is 68.9 Å². The van der Waals surface area contributed by atoms with Crippen molar-refractivity contribution in [2.45, 2.75) is 26.7 Å². The van der Waals surface area contributed by atoms with Gasteiger partial charge in [-0.25, -0.2) is 0 Å². The molecule has 32 heavy (non-hydrogen) atoms. The van der Waals surface area contributed by atoms with Crippen molar-refractivity contribution in [2.75, 3.05) is 24.5 Å². The second-order valence-electron chi connectivity index (χ2n) is 7.87. The van der Waals surface area contributed by atoms with Gasteiger partial charge in [0.15, 0.2) is 0 Å². The predicted octanol–water partition coefficient (Wildman–Crippen LogP) is 4.82. The number of nitro groups is 1. The fourth-order valence-electron chi connectivity index (χ4n) is 4.28. The Hall–Kier alpha value is -3.33. The lowest BCUT2D eigenvalue weighted by Gasteiger charge is -2.19. The Morgan fingerprint density at radius 1 is 1.19 bits per heavy atom. The molecule has 0 unspecified atom stereocenters. The van der Waals surface area contributed by atoms with Gasteiger partial charge in [0, 0.05) is 37.1 Å². The lowest BCUT2D eigenvalue weighted by Crippen LogP contribution is -2.27. The van der Waals surface area contributed by atoms with Crippen LogP contribution in [-0.2, 0) is 4.79 Å². The van der Waals surface area contributed by atoms with E-state index in [1.54, 1.807) is 12.1 Å². The summed E-state index contributed by atoms with van der Waals surface area (Å²) < 4.78 is 1.93. The van der Waals surface area contributed by atoms with Gasteiger partial charge < -0.3 is 9.47 Å². The molecule has 0 radical (unpaired) electrons. The van der Waals surface area contributed by atoms with Crippen molar-refractivity contribution in [1.82, 2.24) is 9.47 Å². The number of amides is 2. The molecule has 0 bridgehead atoms. The molecule has 0 saturated carbocycles. The van der Waals surface area contributed by atoms with E-state index in [1.807, 2.05) is 36.6 Å². The van der Waals surface area contributed by atoms with Gasteiger partial charge in [0.05, 0.1) is 15.5 Å². The third-order valence-electron chi connectivity index (χ3n) is 5.80. The molecule has 8 nitrogen and oxygen atoms in total. The molecule has 9 heteroatoms. The Labute approximate surface area is 190 Å². The number of aryl methyl sites for hydroxylation is 1. The molecule has 2 aromatic rings. The number of hydrogen-bond acceptors (Lipinski definition) is 6. The largest absolute Gasteiger partial charge is 0.366 e. The van der Waals surface area contributed by atoms with Gasteiger partial charge in [-0.1, -0.05) is 6.08 Å². The lowest BCUT2D eigenvalue weighted by molar-refractivity contribution is -0.384. The maximum atomic E-state index is 12.5. The highest BCUT2D eigenvalue weighted by Gasteiger charge is 2.34. The van der Waals surface area contributed by atoms with Crippen LogP contribution >= 0.6 is 11.8 Å². The third kappa shape index (κ3) is 3.84. The maximum absolute atomic E-state index is 12.5. The van der Waals surface area contributed by atoms with Crippen molar-refractivity contribution in [3.63, 3.8) is 0 Å². The number of rotatable bonds is 6. The van der Waals surface area contributed by atoms with Gasteiger partial charge in [-0.3, -0.25) is 24.6 Å². The standard InChI is InChI=1S/C23H24N4O4S/c1-4-9-25-22(28)21(32-23(25)29)13-17-12-15(2)26(16(17)3)18-7-8-19(20(14-18)27(30)31)24-10-5-6-11-24/h4,7-8,12-14H,1,5-6,9-11H2,2-3H3/b21-13-. The number of nitrogens with zero attached hydrogens (tertiary/aromatic N) is 4. The highest BCUT2D eigenvalue weighted by molar-refractivity contribution is 8.18. The summed E-state index contributed by atoms with van der Waals surface area (Å²) in [7, 11) is 0. The molecule has 1 aromatic carbocycles. The number of anilines is 1. The number of aromatic nitrogens is 1. The molecule has 4 rings (SSSR count). The van der Waals surface area contributed by atoms with Crippen LogP contribution in [0.5, 0.6) is 0 Å². The first-order valence-corrected chi connectivity index (χ1v) is 11.2. The van der Waals surface area contributed by atoms with Crippen LogP contribution in [0.25, 0.3) is 11.8 Å². The van der Waals surface area contributed by atoms with E-state index >= 15 is 0 Å². The number of carbonyl (C=O) groups excluding carboxylic acids is 2. The molecule has 3 heterocycles. The summed E-state index contributed by atoms with van der Waals surface area (Å²) in [6.45, 7) is 9.22. The van der Waals surface area contributed by atoms with E-state index in [4.69, 9.17) is 0 Å². The van der Waals surface area contributed by atoms with E-state index in [9.17, 15) is 19.7 Å². The van der Waals surface area contributed by atoms with Crippen LogP contribution in [-0.4, -0.2) is 45.2 Å². The second kappa shape index (κ2) is 8.66. The third-order valence-corrected chi connectivity index (χ3v) is 6.71.